The highest BCUT2D eigenvalue weighted by Crippen LogP contribution is 2.49. The molecule has 25 heavy (non-hydrogen) atoms. The minimum Gasteiger partial charge on any atom is -0.458 e. The molecule has 2 aliphatic carbocycles. The van der Waals surface area contributed by atoms with Gasteiger partial charge in [-0.2, -0.15) is 0 Å². The molecule has 0 aromatic carbocycles. The predicted molar refractivity (Wildman–Crippen MR) is 91.4 cm³/mol. The van der Waals surface area contributed by atoms with Crippen molar-refractivity contribution in [1.29, 1.82) is 0 Å². The third-order valence-corrected chi connectivity index (χ3v) is 5.89. The number of carbonyl (C=O) groups is 3. The van der Waals surface area contributed by atoms with E-state index >= 15 is 0 Å². The number of fused-ring (bicyclic) bond motifs is 2. The van der Waals surface area contributed by atoms with Crippen molar-refractivity contribution in [3.8, 4) is 0 Å². The van der Waals surface area contributed by atoms with E-state index in [9.17, 15) is 14.4 Å². The molecule has 0 amide bonds. The summed E-state index contributed by atoms with van der Waals surface area (Å²) < 4.78 is 11.3. The second-order valence-electron chi connectivity index (χ2n) is 7.32. The van der Waals surface area contributed by atoms with E-state index in [1.54, 1.807) is 26.8 Å². The number of ether oxygens (including phenoxy) is 2. The molecule has 5 atom stereocenters. The summed E-state index contributed by atoms with van der Waals surface area (Å²) in [6.07, 6.45) is 1.72. The van der Waals surface area contributed by atoms with Crippen LogP contribution >= 0.6 is 0 Å². The van der Waals surface area contributed by atoms with Gasteiger partial charge in [-0.1, -0.05) is 19.6 Å². The Morgan fingerprint density at radius 1 is 1.36 bits per heavy atom. The maximum atomic E-state index is 12.4. The molecule has 0 radical (unpaired) electrons. The maximum Gasteiger partial charge on any atom is 0.334 e. The minimum absolute atomic E-state index is 0.0216. The van der Waals surface area contributed by atoms with Gasteiger partial charge >= 0.3 is 11.9 Å². The number of hydrogen-bond acceptors (Lipinski definition) is 5. The van der Waals surface area contributed by atoms with Crippen LogP contribution in [0.2, 0.25) is 0 Å². The van der Waals surface area contributed by atoms with Gasteiger partial charge in [0.05, 0.1) is 5.92 Å². The fourth-order valence-corrected chi connectivity index (χ4v) is 4.24. The van der Waals surface area contributed by atoms with Gasteiger partial charge in [0.2, 0.25) is 0 Å². The monoisotopic (exact) mass is 344 g/mol. The fourth-order valence-electron chi connectivity index (χ4n) is 4.24. The molecule has 5 nitrogen and oxygen atoms in total. The van der Waals surface area contributed by atoms with Gasteiger partial charge in [-0.3, -0.25) is 4.79 Å². The van der Waals surface area contributed by atoms with Crippen molar-refractivity contribution in [2.45, 2.75) is 52.7 Å². The molecule has 5 heteroatoms. The Kier molecular flexibility index (Phi) is 4.43. The van der Waals surface area contributed by atoms with Crippen LogP contribution in [0.3, 0.4) is 0 Å². The standard InChI is InChI=1S/C20H24O5/c1-6-9(2)19(22)25-18-16-11(4)14(21)8-13(16)10(3)7-15-17(18)12(5)20(23)24-15/h6,10,13,15,17-18H,5,7-8H2,1-4H3/t10-,13+,15-,17-,18-/m1/s1. The largest absolute Gasteiger partial charge is 0.458 e. The summed E-state index contributed by atoms with van der Waals surface area (Å²) in [6.45, 7) is 11.2. The van der Waals surface area contributed by atoms with E-state index < -0.39 is 24.0 Å². The van der Waals surface area contributed by atoms with Crippen LogP contribution in [0, 0.1) is 17.8 Å². The molecule has 3 rings (SSSR count). The zero-order chi connectivity index (χ0) is 18.5. The number of esters is 2. The van der Waals surface area contributed by atoms with Crippen LogP contribution in [-0.2, 0) is 23.9 Å². The summed E-state index contributed by atoms with van der Waals surface area (Å²) in [6, 6.07) is 0. The molecule has 1 heterocycles. The van der Waals surface area contributed by atoms with E-state index in [0.29, 0.717) is 29.6 Å². The van der Waals surface area contributed by atoms with Gasteiger partial charge in [0.25, 0.3) is 0 Å². The molecule has 2 fully saturated rings. The zero-order valence-corrected chi connectivity index (χ0v) is 15.1. The first-order valence-electron chi connectivity index (χ1n) is 8.73. The van der Waals surface area contributed by atoms with Crippen molar-refractivity contribution >= 4 is 17.7 Å². The van der Waals surface area contributed by atoms with Crippen LogP contribution in [0.1, 0.15) is 40.5 Å². The van der Waals surface area contributed by atoms with Crippen molar-refractivity contribution in [2.24, 2.45) is 17.8 Å². The molecule has 0 bridgehead atoms. The van der Waals surface area contributed by atoms with Crippen LogP contribution < -0.4 is 0 Å². The average Bonchev–Trinajstić information content (AvgIpc) is 2.98. The van der Waals surface area contributed by atoms with Crippen molar-refractivity contribution in [3.05, 3.63) is 34.9 Å². The first-order valence-corrected chi connectivity index (χ1v) is 8.73. The van der Waals surface area contributed by atoms with Crippen molar-refractivity contribution < 1.29 is 23.9 Å². The summed E-state index contributed by atoms with van der Waals surface area (Å²) in [4.78, 5) is 36.8. The highest BCUT2D eigenvalue weighted by Gasteiger charge is 2.53. The molecular weight excluding hydrogens is 320 g/mol. The normalized spacial score (nSPS) is 35.3. The zero-order valence-electron chi connectivity index (χ0n) is 15.1. The second kappa shape index (κ2) is 6.28. The fraction of sp³-hybridized carbons (Fsp3) is 0.550. The van der Waals surface area contributed by atoms with Gasteiger partial charge in [0.15, 0.2) is 5.78 Å². The number of ketones is 1. The van der Waals surface area contributed by atoms with Crippen LogP contribution in [0.5, 0.6) is 0 Å². The summed E-state index contributed by atoms with van der Waals surface area (Å²) in [5, 5.41) is 0. The number of rotatable bonds is 2. The summed E-state index contributed by atoms with van der Waals surface area (Å²) in [5.41, 5.74) is 2.32. The van der Waals surface area contributed by atoms with Crippen molar-refractivity contribution in [2.75, 3.05) is 0 Å². The van der Waals surface area contributed by atoms with Gasteiger partial charge in [-0.15, -0.1) is 0 Å². The smallest absolute Gasteiger partial charge is 0.334 e. The Bertz CT molecular complexity index is 726. The first kappa shape index (κ1) is 17.6. The van der Waals surface area contributed by atoms with Crippen LogP contribution in [0.25, 0.3) is 0 Å². The van der Waals surface area contributed by atoms with E-state index in [4.69, 9.17) is 9.47 Å². The van der Waals surface area contributed by atoms with E-state index in [0.717, 1.165) is 5.57 Å². The van der Waals surface area contributed by atoms with E-state index in [1.807, 2.05) is 0 Å². The van der Waals surface area contributed by atoms with E-state index in [1.165, 1.54) is 0 Å². The van der Waals surface area contributed by atoms with Crippen molar-refractivity contribution in [1.82, 2.24) is 0 Å². The minimum atomic E-state index is -0.673. The first-order chi connectivity index (χ1) is 11.8. The number of carbonyl (C=O) groups excluding carboxylic acids is 3. The SMILES string of the molecule is C=C1C(=O)O[C@@H]2C[C@@H](C)[C@@H]3CC(=O)C(C)=C3[C@@H](OC(=O)C(C)=CC)[C@H]12. The summed E-state index contributed by atoms with van der Waals surface area (Å²) >= 11 is 0. The lowest BCUT2D eigenvalue weighted by Gasteiger charge is -2.28. The molecular formula is C20H24O5. The lowest BCUT2D eigenvalue weighted by molar-refractivity contribution is -0.145. The average molecular weight is 344 g/mol. The Labute approximate surface area is 147 Å². The summed E-state index contributed by atoms with van der Waals surface area (Å²) in [5.74, 6) is -1.03. The van der Waals surface area contributed by atoms with Gasteiger partial charge < -0.3 is 9.47 Å². The lowest BCUT2D eigenvalue weighted by atomic mass is 9.84. The number of allylic oxidation sites excluding steroid dienone is 2. The Hall–Kier alpha value is -2.17. The van der Waals surface area contributed by atoms with E-state index in [2.05, 4.69) is 13.5 Å². The third-order valence-electron chi connectivity index (χ3n) is 5.89. The van der Waals surface area contributed by atoms with Gasteiger partial charge in [0, 0.05) is 17.6 Å². The molecule has 1 saturated carbocycles. The lowest BCUT2D eigenvalue weighted by Crippen LogP contribution is -2.34. The molecule has 0 unspecified atom stereocenters. The van der Waals surface area contributed by atoms with E-state index in [-0.39, 0.29) is 23.7 Å². The Morgan fingerprint density at radius 3 is 2.68 bits per heavy atom. The third kappa shape index (κ3) is 2.75. The number of hydrogen-bond donors (Lipinski definition) is 0. The quantitative estimate of drug-likeness (QED) is 0.569. The van der Waals surface area contributed by atoms with Gasteiger partial charge in [0.1, 0.15) is 12.2 Å². The molecule has 3 aliphatic rings. The molecule has 0 aromatic heterocycles. The number of Topliss-reactive ketones (excluding diaryl/α,β-unsaturated/α-hetero) is 1. The topological polar surface area (TPSA) is 69.7 Å². The van der Waals surface area contributed by atoms with Gasteiger partial charge in [-0.05, 0) is 50.2 Å². The van der Waals surface area contributed by atoms with Crippen LogP contribution in [-0.4, -0.2) is 29.9 Å². The Morgan fingerprint density at radius 2 is 2.04 bits per heavy atom. The Balaban J connectivity index is 2.09. The van der Waals surface area contributed by atoms with Gasteiger partial charge in [-0.25, -0.2) is 9.59 Å². The predicted octanol–water partition coefficient (Wildman–Crippen LogP) is 2.91. The molecule has 1 aliphatic heterocycles. The highest BCUT2D eigenvalue weighted by molar-refractivity contribution is 5.99. The molecule has 1 saturated heterocycles. The highest BCUT2D eigenvalue weighted by atomic mass is 16.6. The van der Waals surface area contributed by atoms with Crippen LogP contribution in [0.15, 0.2) is 34.9 Å². The van der Waals surface area contributed by atoms with Crippen molar-refractivity contribution in [3.63, 3.8) is 0 Å². The molecule has 0 N–H and O–H groups in total. The molecule has 0 spiro atoms. The second-order valence-corrected chi connectivity index (χ2v) is 7.32. The summed E-state index contributed by atoms with van der Waals surface area (Å²) in [7, 11) is 0. The maximum absolute atomic E-state index is 12.4. The van der Waals surface area contributed by atoms with Crippen LogP contribution in [0.4, 0.5) is 0 Å². The molecule has 134 valence electrons. The molecule has 0 aromatic rings.